The summed E-state index contributed by atoms with van der Waals surface area (Å²) in [5.41, 5.74) is -0.0476. The van der Waals surface area contributed by atoms with Crippen LogP contribution in [0.15, 0.2) is 0 Å². The van der Waals surface area contributed by atoms with E-state index in [2.05, 4.69) is 0 Å². The molecule has 0 aromatic rings. The Morgan fingerprint density at radius 2 is 1.73 bits per heavy atom. The van der Waals surface area contributed by atoms with Gasteiger partial charge in [-0.2, -0.15) is 0 Å². The van der Waals surface area contributed by atoms with Crippen molar-refractivity contribution in [3.8, 4) is 0 Å². The molecule has 0 radical (unpaired) electrons. The molecule has 0 amide bonds. The predicted molar refractivity (Wildman–Crippen MR) is 58.7 cm³/mol. The van der Waals surface area contributed by atoms with Crippen molar-refractivity contribution in [2.75, 3.05) is 6.61 Å². The molecule has 1 aliphatic rings. The summed E-state index contributed by atoms with van der Waals surface area (Å²) in [6, 6.07) is 0. The second-order valence-electron chi connectivity index (χ2n) is 5.35. The summed E-state index contributed by atoms with van der Waals surface area (Å²) in [5, 5.41) is 0. The minimum absolute atomic E-state index is 0.0476. The lowest BCUT2D eigenvalue weighted by Gasteiger charge is -2.32. The number of rotatable bonds is 2. The van der Waals surface area contributed by atoms with E-state index in [-0.39, 0.29) is 17.6 Å². The first-order chi connectivity index (χ1) is 6.70. The molecule has 1 fully saturated rings. The van der Waals surface area contributed by atoms with E-state index in [1.165, 1.54) is 0 Å². The minimum Gasteiger partial charge on any atom is -0.286 e. The fourth-order valence-electron chi connectivity index (χ4n) is 1.35. The summed E-state index contributed by atoms with van der Waals surface area (Å²) in [6.07, 6.45) is 0.613. The van der Waals surface area contributed by atoms with Gasteiger partial charge in [-0.15, -0.1) is 0 Å². The van der Waals surface area contributed by atoms with Crippen LogP contribution < -0.4 is 0 Å². The molecular weight excluding hydrogens is 215 g/mol. The van der Waals surface area contributed by atoms with Crippen LogP contribution in [0.5, 0.6) is 0 Å². The number of hydrogen-bond donors (Lipinski definition) is 0. The van der Waals surface area contributed by atoms with Gasteiger partial charge in [-0.1, -0.05) is 20.8 Å². The molecule has 0 N–H and O–H groups in total. The Hall–Kier alpha value is 0.110. The van der Waals surface area contributed by atoms with E-state index in [4.69, 9.17) is 13.6 Å². The standard InChI is InChI=1S/C10H21O4P/c1-8-6-9(2)14-15(11,13-8)12-7-10(3,4)5/h8-9H,6-7H2,1-5H3/t8-,9-/m0/s1. The molecule has 15 heavy (non-hydrogen) atoms. The number of phosphoric acid groups is 1. The highest BCUT2D eigenvalue weighted by Crippen LogP contribution is 2.55. The van der Waals surface area contributed by atoms with Gasteiger partial charge in [0, 0.05) is 6.42 Å². The van der Waals surface area contributed by atoms with Gasteiger partial charge in [0.2, 0.25) is 0 Å². The summed E-state index contributed by atoms with van der Waals surface area (Å²) in [6.45, 7) is 10.2. The second kappa shape index (κ2) is 4.54. The normalized spacial score (nSPS) is 37.9. The molecule has 0 aromatic heterocycles. The van der Waals surface area contributed by atoms with E-state index in [0.717, 1.165) is 6.42 Å². The van der Waals surface area contributed by atoms with E-state index in [0.29, 0.717) is 6.61 Å². The zero-order valence-electron chi connectivity index (χ0n) is 10.1. The van der Waals surface area contributed by atoms with Gasteiger partial charge in [0.25, 0.3) is 0 Å². The molecule has 4 nitrogen and oxygen atoms in total. The monoisotopic (exact) mass is 236 g/mol. The fourth-order valence-corrected chi connectivity index (χ4v) is 3.12. The molecule has 0 unspecified atom stereocenters. The first-order valence-electron chi connectivity index (χ1n) is 5.32. The van der Waals surface area contributed by atoms with Gasteiger partial charge in [0.05, 0.1) is 18.8 Å². The highest BCUT2D eigenvalue weighted by molar-refractivity contribution is 7.48. The van der Waals surface area contributed by atoms with Crippen molar-refractivity contribution >= 4 is 7.82 Å². The highest BCUT2D eigenvalue weighted by Gasteiger charge is 2.37. The van der Waals surface area contributed by atoms with Crippen LogP contribution in [0.25, 0.3) is 0 Å². The molecule has 0 bridgehead atoms. The summed E-state index contributed by atoms with van der Waals surface area (Å²) < 4.78 is 27.8. The third-order valence-electron chi connectivity index (χ3n) is 1.94. The Balaban J connectivity index is 2.55. The molecule has 0 aliphatic carbocycles. The largest absolute Gasteiger partial charge is 0.475 e. The van der Waals surface area contributed by atoms with Crippen molar-refractivity contribution in [1.82, 2.24) is 0 Å². The maximum atomic E-state index is 12.0. The zero-order chi connectivity index (χ0) is 11.7. The van der Waals surface area contributed by atoms with E-state index < -0.39 is 7.82 Å². The average molecular weight is 236 g/mol. The molecule has 90 valence electrons. The first kappa shape index (κ1) is 13.2. The summed E-state index contributed by atoms with van der Waals surface area (Å²) in [5.74, 6) is 0. The molecule has 1 aliphatic heterocycles. The van der Waals surface area contributed by atoms with Gasteiger partial charge in [0.1, 0.15) is 0 Å². The average Bonchev–Trinajstić information content (AvgIpc) is 1.97. The van der Waals surface area contributed by atoms with Crippen LogP contribution in [0.1, 0.15) is 41.0 Å². The van der Waals surface area contributed by atoms with Crippen LogP contribution in [0.4, 0.5) is 0 Å². The summed E-state index contributed by atoms with van der Waals surface area (Å²) in [4.78, 5) is 0. The molecule has 0 spiro atoms. The maximum absolute atomic E-state index is 12.0. The van der Waals surface area contributed by atoms with Crippen LogP contribution in [0.3, 0.4) is 0 Å². The maximum Gasteiger partial charge on any atom is 0.475 e. The lowest BCUT2D eigenvalue weighted by atomic mass is 9.99. The Labute approximate surface area is 91.9 Å². The van der Waals surface area contributed by atoms with Gasteiger partial charge in [0.15, 0.2) is 0 Å². The first-order valence-corrected chi connectivity index (χ1v) is 6.78. The smallest absolute Gasteiger partial charge is 0.286 e. The SMILES string of the molecule is C[C@H]1C[C@H](C)OP(=O)(OCC(C)(C)C)O1. The lowest BCUT2D eigenvalue weighted by Crippen LogP contribution is -2.26. The van der Waals surface area contributed by atoms with E-state index in [1.54, 1.807) is 0 Å². The Kier molecular flexibility index (Phi) is 3.99. The van der Waals surface area contributed by atoms with Gasteiger partial charge in [-0.25, -0.2) is 4.57 Å². The van der Waals surface area contributed by atoms with Crippen LogP contribution in [-0.4, -0.2) is 18.8 Å². The van der Waals surface area contributed by atoms with E-state index in [9.17, 15) is 4.57 Å². The fraction of sp³-hybridized carbons (Fsp3) is 1.00. The topological polar surface area (TPSA) is 44.8 Å². The Bertz CT molecular complexity index is 245. The molecule has 0 aromatic carbocycles. The quantitative estimate of drug-likeness (QED) is 0.689. The molecule has 5 heteroatoms. The Morgan fingerprint density at radius 1 is 1.27 bits per heavy atom. The van der Waals surface area contributed by atoms with Crippen molar-refractivity contribution in [2.45, 2.75) is 53.2 Å². The molecule has 1 heterocycles. The van der Waals surface area contributed by atoms with Gasteiger partial charge in [-0.05, 0) is 19.3 Å². The molecule has 1 rings (SSSR count). The van der Waals surface area contributed by atoms with E-state index in [1.807, 2.05) is 34.6 Å². The lowest BCUT2D eigenvalue weighted by molar-refractivity contribution is -0.00613. The van der Waals surface area contributed by atoms with Crippen LogP contribution in [0, 0.1) is 5.41 Å². The van der Waals surface area contributed by atoms with Crippen molar-refractivity contribution in [2.24, 2.45) is 5.41 Å². The predicted octanol–water partition coefficient (Wildman–Crippen LogP) is 3.37. The summed E-state index contributed by atoms with van der Waals surface area (Å²) in [7, 11) is -3.32. The van der Waals surface area contributed by atoms with Crippen molar-refractivity contribution in [3.63, 3.8) is 0 Å². The third kappa shape index (κ3) is 4.64. The van der Waals surface area contributed by atoms with Gasteiger partial charge >= 0.3 is 7.82 Å². The van der Waals surface area contributed by atoms with Gasteiger partial charge in [-0.3, -0.25) is 13.6 Å². The number of hydrogen-bond acceptors (Lipinski definition) is 4. The Morgan fingerprint density at radius 3 is 2.13 bits per heavy atom. The molecular formula is C10H21O4P. The van der Waals surface area contributed by atoms with Crippen molar-refractivity contribution in [1.29, 1.82) is 0 Å². The second-order valence-corrected chi connectivity index (χ2v) is 6.92. The summed E-state index contributed by atoms with van der Waals surface area (Å²) >= 11 is 0. The van der Waals surface area contributed by atoms with E-state index >= 15 is 0 Å². The van der Waals surface area contributed by atoms with Crippen molar-refractivity contribution in [3.05, 3.63) is 0 Å². The number of phosphoric ester groups is 1. The van der Waals surface area contributed by atoms with Crippen LogP contribution >= 0.6 is 7.82 Å². The van der Waals surface area contributed by atoms with Crippen molar-refractivity contribution < 1.29 is 18.1 Å². The van der Waals surface area contributed by atoms with Crippen LogP contribution in [-0.2, 0) is 18.1 Å². The molecule has 1 saturated heterocycles. The third-order valence-corrected chi connectivity index (χ3v) is 3.62. The molecule has 2 atom stereocenters. The minimum atomic E-state index is -3.32. The molecule has 0 saturated carbocycles. The van der Waals surface area contributed by atoms with Crippen LogP contribution in [0.2, 0.25) is 0 Å². The van der Waals surface area contributed by atoms with Gasteiger partial charge < -0.3 is 0 Å². The zero-order valence-corrected chi connectivity index (χ0v) is 11.0. The highest BCUT2D eigenvalue weighted by atomic mass is 31.2.